The van der Waals surface area contributed by atoms with Crippen molar-refractivity contribution >= 4 is 11.7 Å². The number of urea groups is 1. The van der Waals surface area contributed by atoms with Gasteiger partial charge in [-0.25, -0.2) is 14.2 Å². The predicted octanol–water partition coefficient (Wildman–Crippen LogP) is 3.74. The van der Waals surface area contributed by atoms with E-state index >= 15 is 0 Å². The lowest BCUT2D eigenvalue weighted by Gasteiger charge is -2.28. The van der Waals surface area contributed by atoms with Gasteiger partial charge in [0.25, 0.3) is 0 Å². The summed E-state index contributed by atoms with van der Waals surface area (Å²) < 4.78 is 15.2. The molecule has 1 saturated heterocycles. The summed E-state index contributed by atoms with van der Waals surface area (Å²) in [5.74, 6) is 1.10. The van der Waals surface area contributed by atoms with Gasteiger partial charge in [0.15, 0.2) is 0 Å². The van der Waals surface area contributed by atoms with Crippen molar-refractivity contribution in [3.63, 3.8) is 0 Å². The van der Waals surface area contributed by atoms with Crippen molar-refractivity contribution in [2.24, 2.45) is 0 Å². The van der Waals surface area contributed by atoms with Gasteiger partial charge in [0.05, 0.1) is 5.69 Å². The fraction of sp³-hybridized carbons (Fsp3) is 0.200. The summed E-state index contributed by atoms with van der Waals surface area (Å²) in [7, 11) is 0. The maximum Gasteiger partial charge on any atom is 0.321 e. The van der Waals surface area contributed by atoms with Crippen LogP contribution in [0.5, 0.6) is 0 Å². The van der Waals surface area contributed by atoms with Crippen LogP contribution in [-0.4, -0.2) is 33.6 Å². The quantitative estimate of drug-likeness (QED) is 0.728. The molecular formula is C20H17FN4O. The number of halogens is 1. The molecule has 3 aromatic rings. The summed E-state index contributed by atoms with van der Waals surface area (Å²) in [5, 5.41) is 2.86. The largest absolute Gasteiger partial charge is 0.323 e. The number of rotatable bonds is 1. The highest BCUT2D eigenvalue weighted by molar-refractivity contribution is 5.89. The van der Waals surface area contributed by atoms with Crippen LogP contribution in [0.2, 0.25) is 0 Å². The first kappa shape index (κ1) is 15.1. The van der Waals surface area contributed by atoms with Crippen LogP contribution in [-0.2, 0) is 0 Å². The van der Waals surface area contributed by atoms with E-state index in [1.807, 2.05) is 29.4 Å². The van der Waals surface area contributed by atoms with E-state index < -0.39 is 0 Å². The molecule has 1 aromatic heterocycles. The SMILES string of the molecule is O=C(Nc1ccc(F)cc1)N1C[C@@H]2c3nccn3-c3ccccc3[C@@H]2C1. The van der Waals surface area contributed by atoms with Crippen LogP contribution in [0.25, 0.3) is 5.69 Å². The lowest BCUT2D eigenvalue weighted by Crippen LogP contribution is -2.33. The van der Waals surface area contributed by atoms with Gasteiger partial charge in [0.1, 0.15) is 11.6 Å². The van der Waals surface area contributed by atoms with Crippen LogP contribution in [0.15, 0.2) is 60.9 Å². The van der Waals surface area contributed by atoms with Gasteiger partial charge in [-0.15, -0.1) is 0 Å². The van der Waals surface area contributed by atoms with E-state index in [4.69, 9.17) is 0 Å². The van der Waals surface area contributed by atoms with Crippen LogP contribution < -0.4 is 5.32 Å². The topological polar surface area (TPSA) is 50.2 Å². The first-order valence-electron chi connectivity index (χ1n) is 8.65. The molecule has 6 heteroatoms. The summed E-state index contributed by atoms with van der Waals surface area (Å²) in [4.78, 5) is 19.1. The van der Waals surface area contributed by atoms with Gasteiger partial charge in [-0.3, -0.25) is 0 Å². The molecule has 5 nitrogen and oxygen atoms in total. The van der Waals surface area contributed by atoms with Crippen LogP contribution >= 0.6 is 0 Å². The van der Waals surface area contributed by atoms with Crippen LogP contribution in [0.3, 0.4) is 0 Å². The Hall–Kier alpha value is -3.15. The molecule has 2 aromatic carbocycles. The van der Waals surface area contributed by atoms with Gasteiger partial charge in [-0.05, 0) is 35.9 Å². The fourth-order valence-corrected chi connectivity index (χ4v) is 4.10. The maximum atomic E-state index is 13.0. The van der Waals surface area contributed by atoms with E-state index in [-0.39, 0.29) is 23.7 Å². The average Bonchev–Trinajstić information content (AvgIpc) is 3.31. The van der Waals surface area contributed by atoms with Gasteiger partial charge < -0.3 is 14.8 Å². The minimum Gasteiger partial charge on any atom is -0.323 e. The van der Waals surface area contributed by atoms with Crippen LogP contribution in [0, 0.1) is 5.82 Å². The van der Waals surface area contributed by atoms with Gasteiger partial charge in [0, 0.05) is 43.0 Å². The molecule has 5 rings (SSSR count). The van der Waals surface area contributed by atoms with Gasteiger partial charge in [0.2, 0.25) is 0 Å². The van der Waals surface area contributed by atoms with Gasteiger partial charge in [-0.1, -0.05) is 18.2 Å². The molecule has 26 heavy (non-hydrogen) atoms. The molecular weight excluding hydrogens is 331 g/mol. The molecule has 0 bridgehead atoms. The first-order chi connectivity index (χ1) is 12.7. The summed E-state index contributed by atoms with van der Waals surface area (Å²) in [6.45, 7) is 1.25. The molecule has 0 unspecified atom stereocenters. The Morgan fingerprint density at radius 2 is 1.85 bits per heavy atom. The zero-order chi connectivity index (χ0) is 17.7. The lowest BCUT2D eigenvalue weighted by atomic mass is 9.84. The lowest BCUT2D eigenvalue weighted by molar-refractivity contribution is 0.221. The molecule has 130 valence electrons. The number of nitrogens with one attached hydrogen (secondary N) is 1. The Bertz CT molecular complexity index is 981. The standard InChI is InChI=1S/C20H17FN4O/c21-13-5-7-14(8-6-13)23-20(26)24-11-16-15-3-1-2-4-18(15)25-10-9-22-19(25)17(16)12-24/h1-10,16-17H,11-12H2,(H,23,26)/t16-,17-/m0/s1. The summed E-state index contributed by atoms with van der Waals surface area (Å²) in [5.41, 5.74) is 2.98. The smallest absolute Gasteiger partial charge is 0.321 e. The van der Waals surface area contributed by atoms with Crippen molar-refractivity contribution in [2.45, 2.75) is 11.8 Å². The van der Waals surface area contributed by atoms with Gasteiger partial charge in [-0.2, -0.15) is 0 Å². The van der Waals surface area contributed by atoms with Crippen molar-refractivity contribution in [1.29, 1.82) is 0 Å². The number of hydrogen-bond donors (Lipinski definition) is 1. The number of amides is 2. The van der Waals surface area contributed by atoms with E-state index in [2.05, 4.69) is 27.0 Å². The third-order valence-electron chi connectivity index (χ3n) is 5.30. The molecule has 2 aliphatic rings. The summed E-state index contributed by atoms with van der Waals surface area (Å²) in [6.07, 6.45) is 3.79. The normalized spacial score (nSPS) is 20.3. The number of carbonyl (C=O) groups is 1. The van der Waals surface area contributed by atoms with Crippen molar-refractivity contribution < 1.29 is 9.18 Å². The second kappa shape index (κ2) is 5.69. The minimum absolute atomic E-state index is 0.165. The minimum atomic E-state index is -0.321. The molecule has 3 heterocycles. The zero-order valence-electron chi connectivity index (χ0n) is 14.0. The number of benzene rings is 2. The molecule has 2 amide bonds. The number of para-hydroxylation sites is 1. The van der Waals surface area contributed by atoms with E-state index in [9.17, 15) is 9.18 Å². The summed E-state index contributed by atoms with van der Waals surface area (Å²) >= 11 is 0. The second-order valence-electron chi connectivity index (χ2n) is 6.77. The van der Waals surface area contributed by atoms with Crippen molar-refractivity contribution in [1.82, 2.24) is 14.5 Å². The van der Waals surface area contributed by atoms with E-state index in [1.165, 1.54) is 17.7 Å². The zero-order valence-corrected chi connectivity index (χ0v) is 14.0. The van der Waals surface area contributed by atoms with Gasteiger partial charge >= 0.3 is 6.03 Å². The van der Waals surface area contributed by atoms with E-state index in [1.54, 1.807) is 12.1 Å². The Kier molecular flexibility index (Phi) is 3.31. The molecule has 1 N–H and O–H groups in total. The summed E-state index contributed by atoms with van der Waals surface area (Å²) in [6, 6.07) is 13.9. The molecule has 0 aliphatic carbocycles. The van der Waals surface area contributed by atoms with Crippen LogP contribution in [0.4, 0.5) is 14.9 Å². The average molecular weight is 348 g/mol. The number of aromatic nitrogens is 2. The predicted molar refractivity (Wildman–Crippen MR) is 96.0 cm³/mol. The number of likely N-dealkylation sites (tertiary alicyclic amines) is 1. The third-order valence-corrected chi connectivity index (χ3v) is 5.30. The number of imidazole rings is 1. The fourth-order valence-electron chi connectivity index (χ4n) is 4.10. The van der Waals surface area contributed by atoms with E-state index in [0.29, 0.717) is 18.8 Å². The first-order valence-corrected chi connectivity index (χ1v) is 8.65. The molecule has 0 saturated carbocycles. The Balaban J connectivity index is 1.43. The number of nitrogens with zero attached hydrogens (tertiary/aromatic N) is 3. The highest BCUT2D eigenvalue weighted by atomic mass is 19.1. The maximum absolute atomic E-state index is 13.0. The Morgan fingerprint density at radius 3 is 2.69 bits per heavy atom. The van der Waals surface area contributed by atoms with E-state index in [0.717, 1.165) is 11.5 Å². The van der Waals surface area contributed by atoms with Crippen molar-refractivity contribution in [2.75, 3.05) is 18.4 Å². The number of hydrogen-bond acceptors (Lipinski definition) is 2. The van der Waals surface area contributed by atoms with Crippen LogP contribution in [0.1, 0.15) is 23.2 Å². The molecule has 0 spiro atoms. The van der Waals surface area contributed by atoms with Crippen molar-refractivity contribution in [3.8, 4) is 5.69 Å². The molecule has 1 fully saturated rings. The third kappa shape index (κ3) is 2.29. The van der Waals surface area contributed by atoms with Crippen molar-refractivity contribution in [3.05, 3.63) is 78.1 Å². The number of anilines is 1. The second-order valence-corrected chi connectivity index (χ2v) is 6.77. The Labute approximate surface area is 150 Å². The molecule has 2 aliphatic heterocycles. The molecule has 0 radical (unpaired) electrons. The monoisotopic (exact) mass is 348 g/mol. The number of fused-ring (bicyclic) bond motifs is 6. The highest BCUT2D eigenvalue weighted by Gasteiger charge is 2.43. The Morgan fingerprint density at radius 1 is 1.08 bits per heavy atom. The number of carbonyl (C=O) groups excluding carboxylic acids is 1. The highest BCUT2D eigenvalue weighted by Crippen LogP contribution is 2.45. The molecule has 2 atom stereocenters.